The largest absolute Gasteiger partial charge is 0.465 e. The third kappa shape index (κ3) is 3.41. The summed E-state index contributed by atoms with van der Waals surface area (Å²) >= 11 is 7.58. The quantitative estimate of drug-likeness (QED) is 0.540. The van der Waals surface area contributed by atoms with Gasteiger partial charge in [-0.2, -0.15) is 0 Å². The van der Waals surface area contributed by atoms with Gasteiger partial charge in [-0.05, 0) is 24.3 Å². The number of esters is 1. The molecule has 0 bridgehead atoms. The van der Waals surface area contributed by atoms with Gasteiger partial charge in [-0.15, -0.1) is 0 Å². The maximum Gasteiger partial charge on any atom is 0.319 e. The van der Waals surface area contributed by atoms with E-state index in [-0.39, 0.29) is 11.2 Å². The van der Waals surface area contributed by atoms with Crippen LogP contribution in [-0.2, 0) is 9.53 Å². The van der Waals surface area contributed by atoms with Crippen molar-refractivity contribution in [3.05, 3.63) is 53.6 Å². The van der Waals surface area contributed by atoms with E-state index >= 15 is 0 Å². The number of thioether (sulfide) groups is 1. The van der Waals surface area contributed by atoms with Crippen LogP contribution in [-0.4, -0.2) is 27.8 Å². The van der Waals surface area contributed by atoms with Crippen molar-refractivity contribution in [3.8, 4) is 0 Å². The number of para-hydroxylation sites is 2. The molecule has 4 rings (SSSR count). The molecule has 0 amide bonds. The zero-order chi connectivity index (χ0) is 17.2. The van der Waals surface area contributed by atoms with Gasteiger partial charge in [0.25, 0.3) is 0 Å². The van der Waals surface area contributed by atoms with E-state index in [9.17, 15) is 4.79 Å². The van der Waals surface area contributed by atoms with E-state index in [1.165, 1.54) is 11.8 Å². The van der Waals surface area contributed by atoms with Crippen LogP contribution in [0.3, 0.4) is 0 Å². The minimum absolute atomic E-state index is 0.206. The summed E-state index contributed by atoms with van der Waals surface area (Å²) in [6, 6.07) is 15.2. The monoisotopic (exact) mass is 371 g/mol. The number of cyclic esters (lactones) is 1. The average molecular weight is 372 g/mol. The molecule has 0 radical (unpaired) electrons. The smallest absolute Gasteiger partial charge is 0.319 e. The van der Waals surface area contributed by atoms with Crippen LogP contribution in [0.25, 0.3) is 10.9 Å². The van der Waals surface area contributed by atoms with Crippen molar-refractivity contribution in [2.45, 2.75) is 16.8 Å². The van der Waals surface area contributed by atoms with E-state index in [0.29, 0.717) is 29.0 Å². The summed E-state index contributed by atoms with van der Waals surface area (Å²) < 4.78 is 5.02. The van der Waals surface area contributed by atoms with Gasteiger partial charge in [0.15, 0.2) is 5.16 Å². The highest BCUT2D eigenvalue weighted by atomic mass is 35.5. The first-order chi connectivity index (χ1) is 12.2. The number of benzene rings is 2. The van der Waals surface area contributed by atoms with Crippen molar-refractivity contribution in [2.24, 2.45) is 0 Å². The molecular formula is C18H14ClN3O2S. The van der Waals surface area contributed by atoms with Gasteiger partial charge in [0.2, 0.25) is 0 Å². The molecule has 5 nitrogen and oxygen atoms in total. The molecule has 7 heteroatoms. The Bertz CT molecular complexity index is 951. The number of nitrogens with one attached hydrogen (secondary N) is 1. The number of halogens is 1. The van der Waals surface area contributed by atoms with Crippen LogP contribution in [0.1, 0.15) is 6.42 Å². The first-order valence-corrected chi connectivity index (χ1v) is 9.08. The van der Waals surface area contributed by atoms with E-state index < -0.39 is 0 Å². The topological polar surface area (TPSA) is 64.1 Å². The van der Waals surface area contributed by atoms with Crippen LogP contribution >= 0.6 is 23.4 Å². The van der Waals surface area contributed by atoms with Gasteiger partial charge in [0.05, 0.1) is 22.8 Å². The SMILES string of the molecule is O=C1OCC[C@@H]1Sc1nc(Nc2ccccc2Cl)c2ccccc2n1. The highest BCUT2D eigenvalue weighted by Crippen LogP contribution is 2.32. The van der Waals surface area contributed by atoms with Crippen molar-refractivity contribution in [3.63, 3.8) is 0 Å². The molecule has 3 aromatic rings. The Morgan fingerprint density at radius 1 is 1.12 bits per heavy atom. The number of nitrogens with zero attached hydrogens (tertiary/aromatic N) is 2. The molecule has 1 N–H and O–H groups in total. The van der Waals surface area contributed by atoms with E-state index in [1.807, 2.05) is 48.5 Å². The number of aromatic nitrogens is 2. The molecule has 1 aliphatic heterocycles. The fraction of sp³-hybridized carbons (Fsp3) is 0.167. The van der Waals surface area contributed by atoms with Crippen molar-refractivity contribution in [1.82, 2.24) is 9.97 Å². The average Bonchev–Trinajstić information content (AvgIpc) is 3.02. The van der Waals surface area contributed by atoms with E-state index in [2.05, 4.69) is 15.3 Å². The lowest BCUT2D eigenvalue weighted by molar-refractivity contribution is -0.137. The number of hydrogen-bond donors (Lipinski definition) is 1. The standard InChI is InChI=1S/C18H14ClN3O2S/c19-12-6-2-4-8-14(12)20-16-11-5-1-3-7-13(11)21-18(22-16)25-15-9-10-24-17(15)23/h1-8,15H,9-10H2,(H,20,21,22)/t15-/m0/s1. The number of carbonyl (C=O) groups excluding carboxylic acids is 1. The first kappa shape index (κ1) is 16.2. The minimum Gasteiger partial charge on any atom is -0.465 e. The summed E-state index contributed by atoms with van der Waals surface area (Å²) in [6.45, 7) is 0.453. The van der Waals surface area contributed by atoms with Gasteiger partial charge in [0.1, 0.15) is 11.1 Å². The summed E-state index contributed by atoms with van der Waals surface area (Å²) in [5.74, 6) is 0.454. The second-order valence-corrected chi connectivity index (χ2v) is 7.12. The summed E-state index contributed by atoms with van der Waals surface area (Å²) in [4.78, 5) is 20.9. The van der Waals surface area contributed by atoms with Gasteiger partial charge < -0.3 is 10.1 Å². The van der Waals surface area contributed by atoms with Gasteiger partial charge >= 0.3 is 5.97 Å². The Balaban J connectivity index is 1.73. The molecule has 1 aromatic heterocycles. The number of hydrogen-bond acceptors (Lipinski definition) is 6. The van der Waals surface area contributed by atoms with Crippen LogP contribution in [0, 0.1) is 0 Å². The Hall–Kier alpha value is -2.31. The third-order valence-electron chi connectivity index (χ3n) is 3.84. The molecule has 1 fully saturated rings. The third-order valence-corrected chi connectivity index (χ3v) is 5.28. The predicted octanol–water partition coefficient (Wildman–Crippen LogP) is 4.43. The Morgan fingerprint density at radius 2 is 1.92 bits per heavy atom. The zero-order valence-corrected chi connectivity index (χ0v) is 14.7. The lowest BCUT2D eigenvalue weighted by atomic mass is 10.2. The fourth-order valence-electron chi connectivity index (χ4n) is 2.61. The van der Waals surface area contributed by atoms with Crippen LogP contribution in [0.4, 0.5) is 11.5 Å². The molecule has 0 unspecified atom stereocenters. The molecule has 2 heterocycles. The van der Waals surface area contributed by atoms with Gasteiger partial charge in [-0.3, -0.25) is 4.79 Å². The molecular weight excluding hydrogens is 358 g/mol. The lowest BCUT2D eigenvalue weighted by Gasteiger charge is -2.12. The summed E-state index contributed by atoms with van der Waals surface area (Å²) in [5, 5.41) is 5.06. The molecule has 126 valence electrons. The normalized spacial score (nSPS) is 16.8. The summed E-state index contributed by atoms with van der Waals surface area (Å²) in [5.41, 5.74) is 1.57. The predicted molar refractivity (Wildman–Crippen MR) is 99.5 cm³/mol. The van der Waals surface area contributed by atoms with Gasteiger partial charge in [-0.1, -0.05) is 47.6 Å². The fourth-order valence-corrected chi connectivity index (χ4v) is 3.72. The Morgan fingerprint density at radius 3 is 2.72 bits per heavy atom. The van der Waals surface area contributed by atoms with Crippen LogP contribution in [0.15, 0.2) is 53.7 Å². The maximum atomic E-state index is 11.7. The Labute approximate surface area is 153 Å². The second-order valence-electron chi connectivity index (χ2n) is 5.54. The molecule has 0 spiro atoms. The van der Waals surface area contributed by atoms with Crippen LogP contribution in [0.2, 0.25) is 5.02 Å². The number of carbonyl (C=O) groups is 1. The first-order valence-electron chi connectivity index (χ1n) is 7.82. The molecule has 1 saturated heterocycles. The molecule has 0 saturated carbocycles. The van der Waals surface area contributed by atoms with Gasteiger partial charge in [-0.25, -0.2) is 9.97 Å². The van der Waals surface area contributed by atoms with Gasteiger partial charge in [0, 0.05) is 11.8 Å². The van der Waals surface area contributed by atoms with E-state index in [4.69, 9.17) is 16.3 Å². The van der Waals surface area contributed by atoms with E-state index in [1.54, 1.807) is 0 Å². The number of ether oxygens (including phenoxy) is 1. The zero-order valence-electron chi connectivity index (χ0n) is 13.1. The van der Waals surface area contributed by atoms with Crippen molar-refractivity contribution < 1.29 is 9.53 Å². The lowest BCUT2D eigenvalue weighted by Crippen LogP contribution is -2.10. The minimum atomic E-state index is -0.255. The van der Waals surface area contributed by atoms with E-state index in [0.717, 1.165) is 16.6 Å². The number of rotatable bonds is 4. The molecule has 0 aliphatic carbocycles. The van der Waals surface area contributed by atoms with Crippen LogP contribution < -0.4 is 5.32 Å². The molecule has 25 heavy (non-hydrogen) atoms. The maximum absolute atomic E-state index is 11.7. The molecule has 2 aromatic carbocycles. The van der Waals surface area contributed by atoms with Crippen molar-refractivity contribution >= 4 is 51.7 Å². The van der Waals surface area contributed by atoms with Crippen molar-refractivity contribution in [2.75, 3.05) is 11.9 Å². The molecule has 1 atom stereocenters. The Kier molecular flexibility index (Phi) is 4.46. The highest BCUT2D eigenvalue weighted by Gasteiger charge is 2.28. The van der Waals surface area contributed by atoms with Crippen LogP contribution in [0.5, 0.6) is 0 Å². The summed E-state index contributed by atoms with van der Waals surface area (Å²) in [7, 11) is 0. The number of anilines is 2. The summed E-state index contributed by atoms with van der Waals surface area (Å²) in [6.07, 6.45) is 0.674. The number of fused-ring (bicyclic) bond motifs is 1. The highest BCUT2D eigenvalue weighted by molar-refractivity contribution is 8.00. The second kappa shape index (κ2) is 6.90. The molecule has 1 aliphatic rings. The van der Waals surface area contributed by atoms with Crippen molar-refractivity contribution in [1.29, 1.82) is 0 Å².